The van der Waals surface area contributed by atoms with E-state index >= 15 is 0 Å². The zero-order chi connectivity index (χ0) is 18.4. The van der Waals surface area contributed by atoms with Crippen molar-refractivity contribution in [3.63, 3.8) is 0 Å². The molecule has 0 aliphatic heterocycles. The summed E-state index contributed by atoms with van der Waals surface area (Å²) in [5.74, 6) is 0. The van der Waals surface area contributed by atoms with Crippen LogP contribution in [0.2, 0.25) is 5.02 Å². The molecule has 0 atom stereocenters. The van der Waals surface area contributed by atoms with Crippen LogP contribution in [0.1, 0.15) is 0 Å². The summed E-state index contributed by atoms with van der Waals surface area (Å²) in [7, 11) is -1.96. The van der Waals surface area contributed by atoms with Crippen LogP contribution in [0.3, 0.4) is 0 Å². The summed E-state index contributed by atoms with van der Waals surface area (Å²) in [6.45, 7) is 0. The Morgan fingerprint density at radius 2 is 2.00 bits per heavy atom. The fraction of sp³-hybridized carbons (Fsp3) is 0.133. The number of benzene rings is 2. The fourth-order valence-corrected chi connectivity index (χ4v) is 4.50. The van der Waals surface area contributed by atoms with Crippen LogP contribution >= 0.6 is 23.4 Å². The Morgan fingerprint density at radius 3 is 2.64 bits per heavy atom. The number of aryl methyl sites for hydroxylation is 1. The predicted octanol–water partition coefficient (Wildman–Crippen LogP) is 3.69. The second-order valence-corrected chi connectivity index (χ2v) is 8.75. The van der Waals surface area contributed by atoms with Crippen LogP contribution in [-0.2, 0) is 16.9 Å². The van der Waals surface area contributed by atoms with Gasteiger partial charge in [-0.15, -0.1) is 0 Å². The molecular formula is C15H12ClN3O4S2. The van der Waals surface area contributed by atoms with E-state index in [2.05, 4.69) is 4.98 Å². The van der Waals surface area contributed by atoms with Crippen molar-refractivity contribution >= 4 is 49.9 Å². The first kappa shape index (κ1) is 17.7. The van der Waals surface area contributed by atoms with Gasteiger partial charge in [0.1, 0.15) is 4.90 Å². The molecule has 3 aromatic rings. The van der Waals surface area contributed by atoms with E-state index in [1.165, 1.54) is 18.2 Å². The molecule has 0 saturated carbocycles. The molecule has 0 saturated heterocycles. The zero-order valence-corrected chi connectivity index (χ0v) is 15.5. The second kappa shape index (κ2) is 6.32. The van der Waals surface area contributed by atoms with Gasteiger partial charge in [0.15, 0.2) is 15.0 Å². The van der Waals surface area contributed by atoms with Crippen LogP contribution in [0.15, 0.2) is 51.3 Å². The lowest BCUT2D eigenvalue weighted by Crippen LogP contribution is -2.04. The van der Waals surface area contributed by atoms with Crippen molar-refractivity contribution in [1.82, 2.24) is 9.55 Å². The number of nitro benzene ring substituents is 1. The second-order valence-electron chi connectivity index (χ2n) is 5.32. The first-order chi connectivity index (χ1) is 11.7. The highest BCUT2D eigenvalue weighted by Gasteiger charge is 2.27. The maximum atomic E-state index is 11.9. The normalized spacial score (nSPS) is 11.8. The standard InChI is InChI=1S/C15H12ClN3O4S2/c1-18-11-7-6-9(16)8-10(11)17-15(18)24-12-4-3-5-13(25(2,22)23)14(12)19(20)21/h3-8H,1-2H3. The van der Waals surface area contributed by atoms with Gasteiger partial charge in [-0.3, -0.25) is 10.1 Å². The Bertz CT molecular complexity index is 1110. The van der Waals surface area contributed by atoms with Crippen LogP contribution in [0.5, 0.6) is 0 Å². The third-order valence-electron chi connectivity index (χ3n) is 3.55. The van der Waals surface area contributed by atoms with E-state index in [-0.39, 0.29) is 9.79 Å². The number of hydrogen-bond acceptors (Lipinski definition) is 6. The summed E-state index contributed by atoms with van der Waals surface area (Å²) in [6, 6.07) is 9.44. The highest BCUT2D eigenvalue weighted by Crippen LogP contribution is 2.39. The third-order valence-corrected chi connectivity index (χ3v) is 6.01. The van der Waals surface area contributed by atoms with Gasteiger partial charge >= 0.3 is 5.69 Å². The van der Waals surface area contributed by atoms with Gasteiger partial charge in [0, 0.05) is 18.3 Å². The zero-order valence-electron chi connectivity index (χ0n) is 13.1. The Labute approximate surface area is 152 Å². The van der Waals surface area contributed by atoms with Crippen molar-refractivity contribution < 1.29 is 13.3 Å². The number of rotatable bonds is 4. The minimum Gasteiger partial charge on any atom is -0.322 e. The van der Waals surface area contributed by atoms with Gasteiger partial charge in [0.25, 0.3) is 0 Å². The molecule has 25 heavy (non-hydrogen) atoms. The van der Waals surface area contributed by atoms with Crippen molar-refractivity contribution in [2.24, 2.45) is 7.05 Å². The summed E-state index contributed by atoms with van der Waals surface area (Å²) in [4.78, 5) is 15.1. The monoisotopic (exact) mass is 397 g/mol. The molecule has 0 N–H and O–H groups in total. The van der Waals surface area contributed by atoms with Crippen LogP contribution in [-0.4, -0.2) is 29.1 Å². The van der Waals surface area contributed by atoms with Crippen LogP contribution in [0, 0.1) is 10.1 Å². The molecule has 130 valence electrons. The summed E-state index contributed by atoms with van der Waals surface area (Å²) in [5, 5.41) is 12.5. The van der Waals surface area contributed by atoms with Gasteiger partial charge in [-0.05, 0) is 42.1 Å². The molecule has 0 fully saturated rings. The minimum atomic E-state index is -3.73. The molecule has 3 rings (SSSR count). The smallest absolute Gasteiger partial charge is 0.301 e. The van der Waals surface area contributed by atoms with E-state index in [1.54, 1.807) is 29.8 Å². The van der Waals surface area contributed by atoms with Crippen LogP contribution < -0.4 is 0 Å². The molecule has 0 spiro atoms. The van der Waals surface area contributed by atoms with Gasteiger partial charge < -0.3 is 4.57 Å². The predicted molar refractivity (Wildman–Crippen MR) is 96.1 cm³/mol. The maximum Gasteiger partial charge on any atom is 0.301 e. The summed E-state index contributed by atoms with van der Waals surface area (Å²) < 4.78 is 25.5. The van der Waals surface area contributed by atoms with E-state index in [4.69, 9.17) is 11.6 Å². The summed E-state index contributed by atoms with van der Waals surface area (Å²) in [5.41, 5.74) is 1.02. The lowest BCUT2D eigenvalue weighted by molar-refractivity contribution is -0.390. The number of hydrogen-bond donors (Lipinski definition) is 0. The molecule has 1 heterocycles. The van der Waals surface area contributed by atoms with E-state index in [0.29, 0.717) is 15.7 Å². The summed E-state index contributed by atoms with van der Waals surface area (Å²) in [6.07, 6.45) is 0.945. The highest BCUT2D eigenvalue weighted by atomic mass is 35.5. The van der Waals surface area contributed by atoms with Gasteiger partial charge in [0.05, 0.1) is 20.9 Å². The van der Waals surface area contributed by atoms with Crippen LogP contribution in [0.25, 0.3) is 11.0 Å². The number of halogens is 1. The van der Waals surface area contributed by atoms with E-state index in [1.807, 2.05) is 0 Å². The molecule has 0 aliphatic carbocycles. The molecular weight excluding hydrogens is 386 g/mol. The number of sulfone groups is 1. The Morgan fingerprint density at radius 1 is 1.28 bits per heavy atom. The Balaban J connectivity index is 2.16. The third kappa shape index (κ3) is 3.35. The lowest BCUT2D eigenvalue weighted by atomic mass is 10.3. The van der Waals surface area contributed by atoms with Gasteiger partial charge in [-0.25, -0.2) is 13.4 Å². The first-order valence-corrected chi connectivity index (χ1v) is 10.0. The number of imidazole rings is 1. The maximum absolute atomic E-state index is 11.9. The summed E-state index contributed by atoms with van der Waals surface area (Å²) >= 11 is 7.00. The Hall–Kier alpha value is -2.10. The average Bonchev–Trinajstić information content (AvgIpc) is 2.81. The topological polar surface area (TPSA) is 95.1 Å². The lowest BCUT2D eigenvalue weighted by Gasteiger charge is -2.06. The van der Waals surface area contributed by atoms with Gasteiger partial charge in [-0.2, -0.15) is 0 Å². The molecule has 0 radical (unpaired) electrons. The minimum absolute atomic E-state index is 0.206. The van der Waals surface area contributed by atoms with E-state index in [0.717, 1.165) is 23.5 Å². The van der Waals surface area contributed by atoms with Gasteiger partial charge in [0.2, 0.25) is 0 Å². The highest BCUT2D eigenvalue weighted by molar-refractivity contribution is 7.99. The molecule has 1 aromatic heterocycles. The van der Waals surface area contributed by atoms with Crippen molar-refractivity contribution in [2.75, 3.05) is 6.26 Å². The van der Waals surface area contributed by atoms with E-state index in [9.17, 15) is 18.5 Å². The number of fused-ring (bicyclic) bond motifs is 1. The molecule has 0 aliphatic rings. The average molecular weight is 398 g/mol. The van der Waals surface area contributed by atoms with Crippen molar-refractivity contribution in [2.45, 2.75) is 14.9 Å². The molecule has 7 nitrogen and oxygen atoms in total. The first-order valence-electron chi connectivity index (χ1n) is 6.96. The van der Waals surface area contributed by atoms with Crippen molar-refractivity contribution in [1.29, 1.82) is 0 Å². The number of nitrogens with zero attached hydrogens (tertiary/aromatic N) is 3. The quantitative estimate of drug-likeness (QED) is 0.492. The molecule has 2 aromatic carbocycles. The molecule has 0 amide bonds. The van der Waals surface area contributed by atoms with Crippen LogP contribution in [0.4, 0.5) is 5.69 Å². The van der Waals surface area contributed by atoms with Gasteiger partial charge in [-0.1, -0.05) is 17.7 Å². The fourth-order valence-electron chi connectivity index (χ4n) is 2.40. The van der Waals surface area contributed by atoms with Crippen molar-refractivity contribution in [3.8, 4) is 0 Å². The number of para-hydroxylation sites is 1. The largest absolute Gasteiger partial charge is 0.322 e. The SMILES string of the molecule is Cn1c(Sc2cccc(S(C)(=O)=O)c2[N+](=O)[O-])nc2cc(Cl)ccc21. The Kier molecular flexibility index (Phi) is 4.48. The van der Waals surface area contributed by atoms with E-state index < -0.39 is 20.4 Å². The van der Waals surface area contributed by atoms with Crippen molar-refractivity contribution in [3.05, 3.63) is 51.5 Å². The number of nitro groups is 1. The molecule has 0 unspecified atom stereocenters. The number of aromatic nitrogens is 2. The molecule has 0 bridgehead atoms. The molecule has 10 heteroatoms.